The van der Waals surface area contributed by atoms with Crippen LogP contribution in [0.25, 0.3) is 0 Å². The van der Waals surface area contributed by atoms with Crippen LogP contribution in [0.5, 0.6) is 11.5 Å². The predicted octanol–water partition coefficient (Wildman–Crippen LogP) is 3.02. The van der Waals surface area contributed by atoms with Crippen LogP contribution in [0.4, 0.5) is 13.6 Å². The third-order valence-corrected chi connectivity index (χ3v) is 2.10. The van der Waals surface area contributed by atoms with Crippen molar-refractivity contribution in [3.05, 3.63) is 23.3 Å². The maximum atomic E-state index is 13.5. The van der Waals surface area contributed by atoms with Gasteiger partial charge in [0.15, 0.2) is 23.1 Å². The minimum atomic E-state index is -1.72. The van der Waals surface area contributed by atoms with Crippen molar-refractivity contribution < 1.29 is 28.5 Å². The zero-order chi connectivity index (χ0) is 13.4. The smallest absolute Gasteiger partial charge is 0.504 e. The van der Waals surface area contributed by atoms with E-state index in [1.165, 1.54) is 0 Å². The van der Waals surface area contributed by atoms with Crippen LogP contribution in [0.3, 0.4) is 0 Å². The maximum Gasteiger partial charge on any atom is 0.511 e. The van der Waals surface area contributed by atoms with E-state index in [4.69, 9.17) is 5.11 Å². The van der Waals surface area contributed by atoms with E-state index >= 15 is 0 Å². The molecule has 0 spiro atoms. The number of ether oxygens (including phenoxy) is 1. The molecular weight excluding hydrogens is 234 g/mol. The Morgan fingerprint density at radius 1 is 1.35 bits per heavy atom. The SMILES string of the molecule is CC(C)(C)c1c(O)c(OC(=O)O)cc(F)c1F. The van der Waals surface area contributed by atoms with Crippen LogP contribution in [0.2, 0.25) is 0 Å². The summed E-state index contributed by atoms with van der Waals surface area (Å²) in [5.41, 5.74) is -1.22. The van der Waals surface area contributed by atoms with Crippen molar-refractivity contribution in [2.45, 2.75) is 26.2 Å². The molecule has 1 aromatic rings. The molecule has 94 valence electrons. The monoisotopic (exact) mass is 246 g/mol. The first kappa shape index (κ1) is 13.2. The number of hydrogen-bond donors (Lipinski definition) is 2. The van der Waals surface area contributed by atoms with E-state index in [1.54, 1.807) is 20.8 Å². The van der Waals surface area contributed by atoms with Crippen molar-refractivity contribution in [1.82, 2.24) is 0 Å². The second-order valence-electron chi connectivity index (χ2n) is 4.51. The Hall–Kier alpha value is -1.85. The number of aromatic hydroxyl groups is 1. The van der Waals surface area contributed by atoms with Gasteiger partial charge in [-0.3, -0.25) is 0 Å². The lowest BCUT2D eigenvalue weighted by molar-refractivity contribution is 0.142. The van der Waals surface area contributed by atoms with E-state index < -0.39 is 34.7 Å². The highest BCUT2D eigenvalue weighted by molar-refractivity contribution is 5.64. The standard InChI is InChI=1S/C11H12F2O4/c1-11(2,3)7-8(13)5(12)4-6(9(7)14)17-10(15)16/h4,14H,1-3H3,(H,15,16). The molecule has 2 N–H and O–H groups in total. The highest BCUT2D eigenvalue weighted by atomic mass is 19.2. The van der Waals surface area contributed by atoms with E-state index in [0.717, 1.165) is 0 Å². The van der Waals surface area contributed by atoms with E-state index in [-0.39, 0.29) is 5.56 Å². The number of rotatable bonds is 1. The highest BCUT2D eigenvalue weighted by Crippen LogP contribution is 2.40. The third kappa shape index (κ3) is 2.64. The average Bonchev–Trinajstić information content (AvgIpc) is 2.11. The molecule has 0 aromatic heterocycles. The molecule has 4 nitrogen and oxygen atoms in total. The summed E-state index contributed by atoms with van der Waals surface area (Å²) in [5, 5.41) is 18.1. The third-order valence-electron chi connectivity index (χ3n) is 2.10. The Morgan fingerprint density at radius 2 is 1.88 bits per heavy atom. The zero-order valence-corrected chi connectivity index (χ0v) is 9.54. The fourth-order valence-corrected chi connectivity index (χ4v) is 1.45. The zero-order valence-electron chi connectivity index (χ0n) is 9.54. The molecule has 0 saturated carbocycles. The Kier molecular flexibility index (Phi) is 3.26. The van der Waals surface area contributed by atoms with Crippen molar-refractivity contribution in [2.24, 2.45) is 0 Å². The number of carboxylic acid groups (broad SMARTS) is 1. The molecule has 0 aliphatic rings. The minimum absolute atomic E-state index is 0.325. The number of benzene rings is 1. The molecule has 0 atom stereocenters. The molecule has 0 bridgehead atoms. The fraction of sp³-hybridized carbons (Fsp3) is 0.364. The molecule has 0 radical (unpaired) electrons. The van der Waals surface area contributed by atoms with Crippen LogP contribution in [0.15, 0.2) is 6.07 Å². The van der Waals surface area contributed by atoms with Gasteiger partial charge in [-0.15, -0.1) is 0 Å². The average molecular weight is 246 g/mol. The van der Waals surface area contributed by atoms with Gasteiger partial charge in [0.25, 0.3) is 0 Å². The lowest BCUT2D eigenvalue weighted by Crippen LogP contribution is -2.16. The molecule has 0 aliphatic carbocycles. The van der Waals surface area contributed by atoms with Crippen molar-refractivity contribution in [3.8, 4) is 11.5 Å². The molecular formula is C11H12F2O4. The van der Waals surface area contributed by atoms with Gasteiger partial charge < -0.3 is 14.9 Å². The molecule has 1 aromatic carbocycles. The molecule has 0 saturated heterocycles. The number of carbonyl (C=O) groups is 1. The summed E-state index contributed by atoms with van der Waals surface area (Å²) in [4.78, 5) is 10.3. The molecule has 17 heavy (non-hydrogen) atoms. The van der Waals surface area contributed by atoms with Crippen LogP contribution in [-0.2, 0) is 5.41 Å². The van der Waals surface area contributed by atoms with Gasteiger partial charge in [0.2, 0.25) is 0 Å². The summed E-state index contributed by atoms with van der Waals surface area (Å²) in [6.07, 6.45) is -1.72. The number of halogens is 2. The Labute approximate surface area is 96.5 Å². The number of hydrogen-bond acceptors (Lipinski definition) is 3. The summed E-state index contributed by atoms with van der Waals surface area (Å²) in [5.74, 6) is -3.82. The van der Waals surface area contributed by atoms with Gasteiger partial charge in [-0.25, -0.2) is 13.6 Å². The summed E-state index contributed by atoms with van der Waals surface area (Å²) < 4.78 is 31.0. The van der Waals surface area contributed by atoms with Crippen molar-refractivity contribution in [1.29, 1.82) is 0 Å². The van der Waals surface area contributed by atoms with Crippen LogP contribution < -0.4 is 4.74 Å². The lowest BCUT2D eigenvalue weighted by atomic mass is 9.85. The highest BCUT2D eigenvalue weighted by Gasteiger charge is 2.29. The Bertz CT molecular complexity index is 464. The number of phenolic OH excluding ortho intramolecular Hbond substituents is 1. The van der Waals surface area contributed by atoms with Crippen LogP contribution in [0.1, 0.15) is 26.3 Å². The lowest BCUT2D eigenvalue weighted by Gasteiger charge is -2.22. The molecule has 0 unspecified atom stereocenters. The summed E-state index contributed by atoms with van der Waals surface area (Å²) in [6.45, 7) is 4.65. The van der Waals surface area contributed by atoms with E-state index in [0.29, 0.717) is 6.07 Å². The van der Waals surface area contributed by atoms with E-state index in [2.05, 4.69) is 4.74 Å². The summed E-state index contributed by atoms with van der Waals surface area (Å²) >= 11 is 0. The first-order chi connectivity index (χ1) is 7.64. The first-order valence-electron chi connectivity index (χ1n) is 4.76. The van der Waals surface area contributed by atoms with Gasteiger partial charge in [0, 0.05) is 11.6 Å². The normalized spacial score (nSPS) is 11.4. The summed E-state index contributed by atoms with van der Waals surface area (Å²) in [7, 11) is 0. The van der Waals surface area contributed by atoms with E-state index in [1.807, 2.05) is 0 Å². The van der Waals surface area contributed by atoms with Crippen LogP contribution in [-0.4, -0.2) is 16.4 Å². The van der Waals surface area contributed by atoms with Gasteiger partial charge >= 0.3 is 6.16 Å². The fourth-order valence-electron chi connectivity index (χ4n) is 1.45. The Morgan fingerprint density at radius 3 is 2.29 bits per heavy atom. The van der Waals surface area contributed by atoms with Gasteiger partial charge in [0.1, 0.15) is 0 Å². The molecule has 0 amide bonds. The van der Waals surface area contributed by atoms with Crippen LogP contribution >= 0.6 is 0 Å². The molecule has 0 aliphatic heterocycles. The second kappa shape index (κ2) is 4.20. The predicted molar refractivity (Wildman–Crippen MR) is 55.4 cm³/mol. The van der Waals surface area contributed by atoms with Crippen molar-refractivity contribution in [3.63, 3.8) is 0 Å². The quantitative estimate of drug-likeness (QED) is 0.590. The molecule has 0 fully saturated rings. The summed E-state index contributed by atoms with van der Waals surface area (Å²) in [6, 6.07) is 0.494. The molecule has 0 heterocycles. The van der Waals surface area contributed by atoms with Gasteiger partial charge in [-0.2, -0.15) is 0 Å². The van der Waals surface area contributed by atoms with Gasteiger partial charge in [0.05, 0.1) is 0 Å². The largest absolute Gasteiger partial charge is 0.511 e. The van der Waals surface area contributed by atoms with Crippen molar-refractivity contribution in [2.75, 3.05) is 0 Å². The first-order valence-corrected chi connectivity index (χ1v) is 4.76. The van der Waals surface area contributed by atoms with Gasteiger partial charge in [-0.1, -0.05) is 20.8 Å². The molecule has 1 rings (SSSR count). The van der Waals surface area contributed by atoms with Gasteiger partial charge in [-0.05, 0) is 5.41 Å². The second-order valence-corrected chi connectivity index (χ2v) is 4.51. The Balaban J connectivity index is 3.48. The topological polar surface area (TPSA) is 66.8 Å². The van der Waals surface area contributed by atoms with E-state index in [9.17, 15) is 18.7 Å². The number of phenols is 1. The minimum Gasteiger partial charge on any atom is -0.504 e. The van der Waals surface area contributed by atoms with Crippen LogP contribution in [0, 0.1) is 11.6 Å². The van der Waals surface area contributed by atoms with Crippen molar-refractivity contribution >= 4 is 6.16 Å². The maximum absolute atomic E-state index is 13.5. The molecule has 6 heteroatoms.